The fourth-order valence-corrected chi connectivity index (χ4v) is 3.08. The summed E-state index contributed by atoms with van der Waals surface area (Å²) < 4.78 is 10.7. The van der Waals surface area contributed by atoms with Crippen LogP contribution in [0.2, 0.25) is 0 Å². The third-order valence-corrected chi connectivity index (χ3v) is 4.22. The molecule has 3 heterocycles. The molecule has 0 bridgehead atoms. The molecule has 1 aromatic carbocycles. The van der Waals surface area contributed by atoms with Gasteiger partial charge >= 0.3 is 0 Å². The van der Waals surface area contributed by atoms with E-state index in [0.717, 1.165) is 11.3 Å². The molecule has 6 nitrogen and oxygen atoms in total. The number of H-pyrrole nitrogens is 2. The Balaban J connectivity index is 1.80. The molecule has 0 fully saturated rings. The summed E-state index contributed by atoms with van der Waals surface area (Å²) in [5, 5.41) is 0. The van der Waals surface area contributed by atoms with Crippen LogP contribution in [0.1, 0.15) is 11.4 Å². The van der Waals surface area contributed by atoms with Gasteiger partial charge in [-0.05, 0) is 32.0 Å². The SMILES string of the molecule is Cc1cc(=O)c(-c2c[nH]c(-c3ccc4c(c3)OCO4)cc2=O)c(C)[nH]1. The number of fused-ring (bicyclic) bond motifs is 1. The first-order chi connectivity index (χ1) is 12.0. The minimum atomic E-state index is -0.219. The molecule has 3 aromatic rings. The van der Waals surface area contributed by atoms with Crippen LogP contribution in [0.4, 0.5) is 0 Å². The van der Waals surface area contributed by atoms with Crippen molar-refractivity contribution in [3.8, 4) is 33.9 Å². The van der Waals surface area contributed by atoms with Crippen molar-refractivity contribution in [1.29, 1.82) is 0 Å². The molecule has 1 aliphatic rings. The molecular weight excluding hydrogens is 320 g/mol. The maximum absolute atomic E-state index is 12.6. The summed E-state index contributed by atoms with van der Waals surface area (Å²) in [7, 11) is 0. The predicted octanol–water partition coefficient (Wildman–Crippen LogP) is 2.74. The zero-order valence-electron chi connectivity index (χ0n) is 13.8. The minimum Gasteiger partial charge on any atom is -0.454 e. The molecule has 126 valence electrons. The van der Waals surface area contributed by atoms with Crippen LogP contribution < -0.4 is 20.3 Å². The Morgan fingerprint density at radius 3 is 2.52 bits per heavy atom. The number of aromatic nitrogens is 2. The Kier molecular flexibility index (Phi) is 3.46. The lowest BCUT2D eigenvalue weighted by molar-refractivity contribution is 0.174. The highest BCUT2D eigenvalue weighted by Crippen LogP contribution is 2.35. The van der Waals surface area contributed by atoms with Crippen LogP contribution in [0.5, 0.6) is 11.5 Å². The van der Waals surface area contributed by atoms with Gasteiger partial charge in [-0.3, -0.25) is 9.59 Å². The second-order valence-corrected chi connectivity index (χ2v) is 6.01. The largest absolute Gasteiger partial charge is 0.454 e. The van der Waals surface area contributed by atoms with E-state index < -0.39 is 0 Å². The van der Waals surface area contributed by atoms with Gasteiger partial charge < -0.3 is 19.4 Å². The van der Waals surface area contributed by atoms with Crippen molar-refractivity contribution in [2.45, 2.75) is 13.8 Å². The van der Waals surface area contributed by atoms with Gasteiger partial charge in [0.05, 0.1) is 11.1 Å². The van der Waals surface area contributed by atoms with E-state index in [1.54, 1.807) is 19.2 Å². The molecule has 0 radical (unpaired) electrons. The van der Waals surface area contributed by atoms with Crippen LogP contribution in [0.3, 0.4) is 0 Å². The lowest BCUT2D eigenvalue weighted by Crippen LogP contribution is -2.15. The highest BCUT2D eigenvalue weighted by atomic mass is 16.7. The van der Waals surface area contributed by atoms with Gasteiger partial charge in [-0.15, -0.1) is 0 Å². The molecule has 0 amide bonds. The molecule has 2 N–H and O–H groups in total. The number of rotatable bonds is 2. The van der Waals surface area contributed by atoms with Crippen LogP contribution in [-0.2, 0) is 0 Å². The van der Waals surface area contributed by atoms with Gasteiger partial charge in [0, 0.05) is 41.0 Å². The van der Waals surface area contributed by atoms with E-state index in [4.69, 9.17) is 9.47 Å². The highest BCUT2D eigenvalue weighted by Gasteiger charge is 2.16. The molecule has 0 aliphatic carbocycles. The average Bonchev–Trinajstić information content (AvgIpc) is 3.03. The Bertz CT molecular complexity index is 1100. The molecule has 0 unspecified atom stereocenters. The number of nitrogens with one attached hydrogen (secondary N) is 2. The summed E-state index contributed by atoms with van der Waals surface area (Å²) in [6.07, 6.45) is 1.58. The second kappa shape index (κ2) is 5.66. The minimum absolute atomic E-state index is 0.171. The predicted molar refractivity (Wildman–Crippen MR) is 94.2 cm³/mol. The summed E-state index contributed by atoms with van der Waals surface area (Å²) in [6.45, 7) is 3.80. The van der Waals surface area contributed by atoms with Crippen molar-refractivity contribution >= 4 is 0 Å². The third-order valence-electron chi connectivity index (χ3n) is 4.22. The Hall–Kier alpha value is -3.28. The van der Waals surface area contributed by atoms with Crippen molar-refractivity contribution in [3.63, 3.8) is 0 Å². The molecule has 0 saturated heterocycles. The van der Waals surface area contributed by atoms with Crippen molar-refractivity contribution in [3.05, 3.63) is 68.4 Å². The van der Waals surface area contributed by atoms with E-state index in [1.165, 1.54) is 12.1 Å². The van der Waals surface area contributed by atoms with Crippen LogP contribution >= 0.6 is 0 Å². The molecule has 2 aromatic heterocycles. The van der Waals surface area contributed by atoms with Gasteiger partial charge in [0.2, 0.25) is 6.79 Å². The lowest BCUT2D eigenvalue weighted by atomic mass is 10.0. The van der Waals surface area contributed by atoms with Crippen molar-refractivity contribution in [2.75, 3.05) is 6.79 Å². The number of benzene rings is 1. The van der Waals surface area contributed by atoms with Gasteiger partial charge in [-0.25, -0.2) is 0 Å². The van der Waals surface area contributed by atoms with E-state index in [2.05, 4.69) is 9.97 Å². The van der Waals surface area contributed by atoms with Gasteiger partial charge in [0.25, 0.3) is 0 Å². The molecule has 0 spiro atoms. The van der Waals surface area contributed by atoms with E-state index in [9.17, 15) is 9.59 Å². The molecule has 1 aliphatic heterocycles. The standard InChI is InChI=1S/C19H16N2O4/c1-10-5-16(23)19(11(2)21-10)13-8-20-14(7-15(13)22)12-3-4-17-18(6-12)25-9-24-17/h3-8H,9H2,1-2H3,(H,20,22)(H,21,23). The van der Waals surface area contributed by atoms with Gasteiger partial charge in [-0.1, -0.05) is 0 Å². The van der Waals surface area contributed by atoms with Crippen molar-refractivity contribution in [2.24, 2.45) is 0 Å². The maximum atomic E-state index is 12.6. The van der Waals surface area contributed by atoms with Crippen LogP contribution in [0, 0.1) is 13.8 Å². The molecule has 6 heteroatoms. The van der Waals surface area contributed by atoms with E-state index in [-0.39, 0.29) is 17.7 Å². The monoisotopic (exact) mass is 336 g/mol. The number of hydrogen-bond acceptors (Lipinski definition) is 4. The molecule has 0 saturated carbocycles. The van der Waals surface area contributed by atoms with Crippen molar-refractivity contribution < 1.29 is 9.47 Å². The Morgan fingerprint density at radius 1 is 0.960 bits per heavy atom. The third kappa shape index (κ3) is 2.61. The summed E-state index contributed by atoms with van der Waals surface area (Å²) in [6, 6.07) is 8.46. The van der Waals surface area contributed by atoms with Gasteiger partial charge in [-0.2, -0.15) is 0 Å². The summed E-state index contributed by atoms with van der Waals surface area (Å²) in [5.41, 5.74) is 3.24. The first kappa shape index (κ1) is 15.3. The average molecular weight is 336 g/mol. The highest BCUT2D eigenvalue weighted by molar-refractivity contribution is 5.69. The molecule has 4 rings (SSSR count). The quantitative estimate of drug-likeness (QED) is 0.754. The Morgan fingerprint density at radius 2 is 1.76 bits per heavy atom. The summed E-state index contributed by atoms with van der Waals surface area (Å²) >= 11 is 0. The van der Waals surface area contributed by atoms with Gasteiger partial charge in [0.15, 0.2) is 22.4 Å². The molecule has 0 atom stereocenters. The van der Waals surface area contributed by atoms with Crippen molar-refractivity contribution in [1.82, 2.24) is 9.97 Å². The second-order valence-electron chi connectivity index (χ2n) is 6.01. The number of aromatic amines is 2. The fourth-order valence-electron chi connectivity index (χ4n) is 3.08. The molecule has 25 heavy (non-hydrogen) atoms. The maximum Gasteiger partial charge on any atom is 0.231 e. The zero-order chi connectivity index (χ0) is 17.6. The number of aryl methyl sites for hydroxylation is 2. The smallest absolute Gasteiger partial charge is 0.231 e. The van der Waals surface area contributed by atoms with E-state index >= 15 is 0 Å². The van der Waals surface area contributed by atoms with E-state index in [0.29, 0.717) is 34.0 Å². The topological polar surface area (TPSA) is 84.2 Å². The number of pyridine rings is 2. The number of hydrogen-bond donors (Lipinski definition) is 2. The molecular formula is C19H16N2O4. The van der Waals surface area contributed by atoms with Crippen LogP contribution in [-0.4, -0.2) is 16.8 Å². The fraction of sp³-hybridized carbons (Fsp3) is 0.158. The van der Waals surface area contributed by atoms with E-state index in [1.807, 2.05) is 19.1 Å². The van der Waals surface area contributed by atoms with Crippen LogP contribution in [0.15, 0.2) is 46.1 Å². The first-order valence-electron chi connectivity index (χ1n) is 7.86. The number of ether oxygens (including phenoxy) is 2. The van der Waals surface area contributed by atoms with Crippen LogP contribution in [0.25, 0.3) is 22.4 Å². The lowest BCUT2D eigenvalue weighted by Gasteiger charge is -2.08. The van der Waals surface area contributed by atoms with Gasteiger partial charge in [0.1, 0.15) is 0 Å². The first-order valence-corrected chi connectivity index (χ1v) is 7.86. The summed E-state index contributed by atoms with van der Waals surface area (Å²) in [5.74, 6) is 1.33. The normalized spacial score (nSPS) is 12.4. The zero-order valence-corrected chi connectivity index (χ0v) is 13.8. The Labute approximate surface area is 143 Å². The summed E-state index contributed by atoms with van der Waals surface area (Å²) in [4.78, 5) is 31.1.